The SMILES string of the molecule is CC1CCCN1CC[NH+]1CCc2ccccc2C1=O.[Br-]. The second kappa shape index (κ2) is 6.83. The summed E-state index contributed by atoms with van der Waals surface area (Å²) >= 11 is 0. The third kappa shape index (κ3) is 3.13. The van der Waals surface area contributed by atoms with Crippen molar-refractivity contribution in [1.29, 1.82) is 0 Å². The van der Waals surface area contributed by atoms with Gasteiger partial charge in [0.05, 0.1) is 18.7 Å². The predicted molar refractivity (Wildman–Crippen MR) is 75.4 cm³/mol. The van der Waals surface area contributed by atoms with Crippen LogP contribution in [0.4, 0.5) is 0 Å². The minimum Gasteiger partial charge on any atom is -1.00 e. The van der Waals surface area contributed by atoms with Crippen LogP contribution in [0.25, 0.3) is 0 Å². The number of benzene rings is 1. The van der Waals surface area contributed by atoms with Crippen molar-refractivity contribution in [2.24, 2.45) is 0 Å². The van der Waals surface area contributed by atoms with Gasteiger partial charge >= 0.3 is 5.91 Å². The molecule has 1 aromatic carbocycles. The fraction of sp³-hybridized carbons (Fsp3) is 0.562. The smallest absolute Gasteiger partial charge is 0.344 e. The standard InChI is InChI=1S/C16H22N2O.BrH/c1-13-5-4-9-17(13)11-12-18-10-8-14-6-2-3-7-15(14)16(18)19;/h2-3,6-7,13H,4-5,8-12H2,1H3;1H. The molecule has 3 rings (SSSR count). The topological polar surface area (TPSA) is 24.8 Å². The minimum atomic E-state index is 0. The number of halogens is 1. The Morgan fingerprint density at radius 2 is 2.15 bits per heavy atom. The molecule has 0 radical (unpaired) electrons. The van der Waals surface area contributed by atoms with Crippen LogP contribution in [0.5, 0.6) is 0 Å². The maximum absolute atomic E-state index is 12.4. The lowest BCUT2D eigenvalue weighted by molar-refractivity contribution is -0.815. The van der Waals surface area contributed by atoms with E-state index in [2.05, 4.69) is 17.9 Å². The molecule has 110 valence electrons. The summed E-state index contributed by atoms with van der Waals surface area (Å²) in [6.07, 6.45) is 3.66. The lowest BCUT2D eigenvalue weighted by atomic mass is 9.99. The number of hydrogen-bond acceptors (Lipinski definition) is 2. The van der Waals surface area contributed by atoms with E-state index in [0.29, 0.717) is 11.9 Å². The molecule has 4 heteroatoms. The zero-order valence-corrected chi connectivity index (χ0v) is 13.7. The normalized spacial score (nSPS) is 26.1. The summed E-state index contributed by atoms with van der Waals surface area (Å²) in [6.45, 7) is 6.48. The fourth-order valence-corrected chi connectivity index (χ4v) is 3.39. The number of likely N-dealkylation sites (tertiary alicyclic amines) is 1. The number of carbonyl (C=O) groups excluding carboxylic acids is 1. The van der Waals surface area contributed by atoms with Crippen molar-refractivity contribution in [3.05, 3.63) is 35.4 Å². The van der Waals surface area contributed by atoms with Gasteiger partial charge in [-0.3, -0.25) is 9.80 Å². The van der Waals surface area contributed by atoms with Crippen LogP contribution in [0.15, 0.2) is 24.3 Å². The Kier molecular flexibility index (Phi) is 5.35. The first-order valence-electron chi connectivity index (χ1n) is 7.47. The van der Waals surface area contributed by atoms with Crippen LogP contribution < -0.4 is 21.9 Å². The minimum absolute atomic E-state index is 0. The van der Waals surface area contributed by atoms with Gasteiger partial charge in [-0.25, -0.2) is 4.79 Å². The van der Waals surface area contributed by atoms with E-state index in [1.54, 1.807) is 0 Å². The molecule has 0 aliphatic carbocycles. The number of hydrogen-bond donors (Lipinski definition) is 1. The molecule has 1 N–H and O–H groups in total. The van der Waals surface area contributed by atoms with Crippen LogP contribution >= 0.6 is 0 Å². The van der Waals surface area contributed by atoms with Gasteiger partial charge in [-0.15, -0.1) is 0 Å². The summed E-state index contributed by atoms with van der Waals surface area (Å²) in [6, 6.07) is 8.78. The summed E-state index contributed by atoms with van der Waals surface area (Å²) < 4.78 is 0. The van der Waals surface area contributed by atoms with E-state index >= 15 is 0 Å². The van der Waals surface area contributed by atoms with Gasteiger partial charge < -0.3 is 17.0 Å². The number of fused-ring (bicyclic) bond motifs is 1. The average molecular weight is 339 g/mol. The Morgan fingerprint density at radius 1 is 1.35 bits per heavy atom. The van der Waals surface area contributed by atoms with Gasteiger partial charge in [-0.2, -0.15) is 0 Å². The van der Waals surface area contributed by atoms with Gasteiger partial charge in [0.1, 0.15) is 0 Å². The Balaban J connectivity index is 0.00000147. The molecule has 0 saturated carbocycles. The summed E-state index contributed by atoms with van der Waals surface area (Å²) in [4.78, 5) is 16.1. The van der Waals surface area contributed by atoms with Gasteiger partial charge in [0.2, 0.25) is 0 Å². The largest absolute Gasteiger partial charge is 1.00 e. The van der Waals surface area contributed by atoms with Gasteiger partial charge in [0.15, 0.2) is 0 Å². The number of quaternary nitrogens is 1. The quantitative estimate of drug-likeness (QED) is 0.674. The number of amides is 1. The summed E-state index contributed by atoms with van der Waals surface area (Å²) in [5.74, 6) is 0.300. The van der Waals surface area contributed by atoms with Crippen molar-refractivity contribution < 1.29 is 26.7 Å². The summed E-state index contributed by atoms with van der Waals surface area (Å²) in [5, 5.41) is 0. The molecule has 0 aromatic heterocycles. The average Bonchev–Trinajstić information content (AvgIpc) is 2.84. The van der Waals surface area contributed by atoms with Gasteiger partial charge in [0, 0.05) is 19.0 Å². The van der Waals surface area contributed by atoms with E-state index in [0.717, 1.165) is 36.5 Å². The first-order valence-corrected chi connectivity index (χ1v) is 7.47. The molecule has 2 aliphatic rings. The molecule has 2 aliphatic heterocycles. The second-order valence-electron chi connectivity index (χ2n) is 5.87. The van der Waals surface area contributed by atoms with Crippen LogP contribution in [0.2, 0.25) is 0 Å². The Morgan fingerprint density at radius 3 is 2.90 bits per heavy atom. The monoisotopic (exact) mass is 338 g/mol. The van der Waals surface area contributed by atoms with Crippen LogP contribution in [0.3, 0.4) is 0 Å². The highest BCUT2D eigenvalue weighted by Crippen LogP contribution is 2.15. The van der Waals surface area contributed by atoms with Gasteiger partial charge in [-0.1, -0.05) is 18.2 Å². The van der Waals surface area contributed by atoms with Crippen molar-refractivity contribution >= 4 is 5.91 Å². The highest BCUT2D eigenvalue weighted by molar-refractivity contribution is 5.89. The van der Waals surface area contributed by atoms with Crippen LogP contribution in [0, 0.1) is 0 Å². The second-order valence-corrected chi connectivity index (χ2v) is 5.87. The maximum atomic E-state index is 12.4. The Hall–Kier alpha value is -0.710. The third-order valence-electron chi connectivity index (χ3n) is 4.67. The molecule has 1 aromatic rings. The van der Waals surface area contributed by atoms with Crippen LogP contribution in [-0.4, -0.2) is 43.0 Å². The first kappa shape index (κ1) is 15.7. The lowest BCUT2D eigenvalue weighted by Gasteiger charge is -2.26. The van der Waals surface area contributed by atoms with Crippen LogP contribution in [0.1, 0.15) is 35.7 Å². The number of nitrogens with zero attached hydrogens (tertiary/aromatic N) is 1. The zero-order chi connectivity index (χ0) is 13.2. The maximum Gasteiger partial charge on any atom is 0.344 e. The molecule has 1 saturated heterocycles. The molecular weight excluding hydrogens is 316 g/mol. The van der Waals surface area contributed by atoms with E-state index in [1.807, 2.05) is 18.2 Å². The van der Waals surface area contributed by atoms with E-state index < -0.39 is 0 Å². The molecule has 2 atom stereocenters. The molecule has 20 heavy (non-hydrogen) atoms. The summed E-state index contributed by atoms with van der Waals surface area (Å²) in [7, 11) is 0. The molecule has 2 unspecified atom stereocenters. The van der Waals surface area contributed by atoms with Crippen molar-refractivity contribution in [3.8, 4) is 0 Å². The molecule has 2 heterocycles. The molecule has 0 bridgehead atoms. The van der Waals surface area contributed by atoms with Crippen molar-refractivity contribution in [1.82, 2.24) is 4.90 Å². The van der Waals surface area contributed by atoms with Crippen molar-refractivity contribution in [3.63, 3.8) is 0 Å². The van der Waals surface area contributed by atoms with E-state index in [9.17, 15) is 4.79 Å². The van der Waals surface area contributed by atoms with Gasteiger partial charge in [0.25, 0.3) is 0 Å². The lowest BCUT2D eigenvalue weighted by Crippen LogP contribution is -3.16. The zero-order valence-electron chi connectivity index (χ0n) is 12.1. The number of carbonyl (C=O) groups is 1. The van der Waals surface area contributed by atoms with E-state index in [1.165, 1.54) is 24.9 Å². The molecule has 1 amide bonds. The highest BCUT2D eigenvalue weighted by atomic mass is 79.9. The molecular formula is C16H23BrN2O. The molecule has 3 nitrogen and oxygen atoms in total. The van der Waals surface area contributed by atoms with E-state index in [4.69, 9.17) is 0 Å². The van der Waals surface area contributed by atoms with Crippen LogP contribution in [-0.2, 0) is 6.42 Å². The third-order valence-corrected chi connectivity index (χ3v) is 4.67. The first-order chi connectivity index (χ1) is 9.25. The Bertz CT molecular complexity index is 477. The summed E-state index contributed by atoms with van der Waals surface area (Å²) in [5.41, 5.74) is 2.17. The highest BCUT2D eigenvalue weighted by Gasteiger charge is 2.30. The molecule has 0 spiro atoms. The molecule has 1 fully saturated rings. The van der Waals surface area contributed by atoms with Crippen molar-refractivity contribution in [2.45, 2.75) is 32.2 Å². The fourth-order valence-electron chi connectivity index (χ4n) is 3.39. The van der Waals surface area contributed by atoms with Gasteiger partial charge in [-0.05, 0) is 37.9 Å². The predicted octanol–water partition coefficient (Wildman–Crippen LogP) is -2.24. The van der Waals surface area contributed by atoms with E-state index in [-0.39, 0.29) is 17.0 Å². The Labute approximate surface area is 131 Å². The number of rotatable bonds is 3. The van der Waals surface area contributed by atoms with Crippen molar-refractivity contribution in [2.75, 3.05) is 26.2 Å². The number of nitrogens with one attached hydrogen (secondary N) is 1.